The molecule has 1 aromatic rings. The van der Waals surface area contributed by atoms with Gasteiger partial charge in [0.25, 0.3) is 5.91 Å². The van der Waals surface area contributed by atoms with Gasteiger partial charge in [0.05, 0.1) is 11.5 Å². The molecule has 1 atom stereocenters. The number of carbonyl (C=O) groups is 2. The first kappa shape index (κ1) is 15.3. The van der Waals surface area contributed by atoms with Crippen molar-refractivity contribution in [2.45, 2.75) is 18.9 Å². The first-order valence-electron chi connectivity index (χ1n) is 6.58. The monoisotopic (exact) mass is 303 g/mol. The fourth-order valence-corrected chi connectivity index (χ4v) is 1.91. The Morgan fingerprint density at radius 1 is 1.50 bits per heavy atom. The number of amidine groups is 2. The zero-order chi connectivity index (χ0) is 16.1. The van der Waals surface area contributed by atoms with Gasteiger partial charge in [-0.05, 0) is 18.6 Å². The van der Waals surface area contributed by atoms with Crippen LogP contribution in [0.4, 0.5) is 5.69 Å². The van der Waals surface area contributed by atoms with Crippen LogP contribution in [-0.4, -0.2) is 34.5 Å². The zero-order valence-electron chi connectivity index (χ0n) is 11.7. The number of hydrogen-bond acceptors (Lipinski definition) is 5. The van der Waals surface area contributed by atoms with E-state index in [0.29, 0.717) is 24.4 Å². The summed E-state index contributed by atoms with van der Waals surface area (Å²) in [6.07, 6.45) is 5.21. The van der Waals surface area contributed by atoms with E-state index in [4.69, 9.17) is 16.9 Å². The molecule has 1 aromatic heterocycles. The lowest BCUT2D eigenvalue weighted by Crippen LogP contribution is -2.24. The predicted molar refractivity (Wildman–Crippen MR) is 82.6 cm³/mol. The van der Waals surface area contributed by atoms with Crippen LogP contribution < -0.4 is 22.1 Å². The van der Waals surface area contributed by atoms with Crippen molar-refractivity contribution in [3.63, 3.8) is 0 Å². The number of amides is 2. The second-order valence-electron chi connectivity index (χ2n) is 4.73. The van der Waals surface area contributed by atoms with E-state index in [9.17, 15) is 9.59 Å². The Kier molecular flexibility index (Phi) is 4.57. The van der Waals surface area contributed by atoms with Gasteiger partial charge in [0.2, 0.25) is 5.91 Å². The normalized spacial score (nSPS) is 17.3. The molecular weight excluding hydrogens is 286 g/mol. The fourth-order valence-electron chi connectivity index (χ4n) is 1.91. The van der Waals surface area contributed by atoms with Gasteiger partial charge in [-0.1, -0.05) is 0 Å². The van der Waals surface area contributed by atoms with Gasteiger partial charge in [-0.15, -0.1) is 0 Å². The summed E-state index contributed by atoms with van der Waals surface area (Å²) in [5.74, 6) is -0.369. The molecule has 0 saturated carbocycles. The minimum Gasteiger partial charge on any atom is -0.387 e. The number of rotatable bonds is 5. The summed E-state index contributed by atoms with van der Waals surface area (Å²) in [6.45, 7) is 0. The number of anilines is 1. The van der Waals surface area contributed by atoms with Crippen LogP contribution in [0.1, 0.15) is 23.3 Å². The Labute approximate surface area is 126 Å². The first-order chi connectivity index (χ1) is 10.5. The van der Waals surface area contributed by atoms with Crippen LogP contribution in [0, 0.1) is 5.41 Å². The third kappa shape index (κ3) is 3.95. The van der Waals surface area contributed by atoms with Crippen molar-refractivity contribution in [3.05, 3.63) is 30.2 Å². The Morgan fingerprint density at radius 3 is 2.91 bits per heavy atom. The van der Waals surface area contributed by atoms with Crippen LogP contribution in [0.5, 0.6) is 0 Å². The molecule has 9 nitrogen and oxygen atoms in total. The second kappa shape index (κ2) is 6.57. The highest BCUT2D eigenvalue weighted by Gasteiger charge is 2.23. The van der Waals surface area contributed by atoms with Gasteiger partial charge in [0, 0.05) is 18.8 Å². The van der Waals surface area contributed by atoms with Crippen molar-refractivity contribution in [2.75, 3.05) is 5.32 Å². The average Bonchev–Trinajstić information content (AvgIpc) is 3.07. The number of carbonyl (C=O) groups excluding carboxylic acids is 2. The maximum Gasteiger partial charge on any atom is 0.271 e. The SMILES string of the molecule is N=C(N)C=CNC(=O)c1cc(NC(=O)C2CCC(N)=N2)c[nH]1. The van der Waals surface area contributed by atoms with E-state index in [1.807, 2.05) is 0 Å². The Morgan fingerprint density at radius 2 is 2.27 bits per heavy atom. The van der Waals surface area contributed by atoms with Crippen molar-refractivity contribution >= 4 is 29.2 Å². The number of aromatic nitrogens is 1. The van der Waals surface area contributed by atoms with Gasteiger partial charge >= 0.3 is 0 Å². The number of H-pyrrole nitrogens is 1. The molecule has 0 bridgehead atoms. The standard InChI is InChI=1S/C13H17N7O2/c14-10(15)3-4-17-12(21)9-5-7(6-18-9)19-13(22)8-1-2-11(16)20-8/h3-6,8,18H,1-2H2,(H3,14,15)(H2,16,20)(H,17,21)(H,19,22). The van der Waals surface area contributed by atoms with Gasteiger partial charge < -0.3 is 27.1 Å². The molecule has 1 aliphatic heterocycles. The molecule has 0 radical (unpaired) electrons. The molecule has 0 saturated heterocycles. The Balaban J connectivity index is 1.92. The van der Waals surface area contributed by atoms with Gasteiger partial charge in [0.1, 0.15) is 17.6 Å². The number of nitrogens with zero attached hydrogens (tertiary/aromatic N) is 1. The van der Waals surface area contributed by atoms with Gasteiger partial charge in [0.15, 0.2) is 0 Å². The van der Waals surface area contributed by atoms with Crippen molar-refractivity contribution in [3.8, 4) is 0 Å². The molecule has 8 N–H and O–H groups in total. The summed E-state index contributed by atoms with van der Waals surface area (Å²) in [5, 5.41) is 12.1. The molecule has 2 amide bonds. The molecule has 1 unspecified atom stereocenters. The minimum absolute atomic E-state index is 0.170. The molecule has 0 fully saturated rings. The smallest absolute Gasteiger partial charge is 0.271 e. The largest absolute Gasteiger partial charge is 0.387 e. The topological polar surface area (TPSA) is 162 Å². The quantitative estimate of drug-likeness (QED) is 0.324. The van der Waals surface area contributed by atoms with Crippen molar-refractivity contribution in [2.24, 2.45) is 16.5 Å². The van der Waals surface area contributed by atoms with Crippen molar-refractivity contribution in [1.29, 1.82) is 5.41 Å². The molecule has 0 aromatic carbocycles. The highest BCUT2D eigenvalue weighted by molar-refractivity contribution is 6.00. The molecule has 0 spiro atoms. The molecule has 22 heavy (non-hydrogen) atoms. The number of hydrogen-bond donors (Lipinski definition) is 6. The van der Waals surface area contributed by atoms with E-state index in [2.05, 4.69) is 20.6 Å². The average molecular weight is 303 g/mol. The van der Waals surface area contributed by atoms with Crippen LogP contribution >= 0.6 is 0 Å². The van der Waals surface area contributed by atoms with Crippen LogP contribution in [0.15, 0.2) is 29.5 Å². The molecule has 116 valence electrons. The predicted octanol–water partition coefficient (Wildman–Crippen LogP) is -0.348. The van der Waals surface area contributed by atoms with Gasteiger partial charge in [-0.25, -0.2) is 0 Å². The summed E-state index contributed by atoms with van der Waals surface area (Å²) >= 11 is 0. The van der Waals surface area contributed by atoms with Gasteiger partial charge in [-0.3, -0.25) is 20.0 Å². The molecule has 1 aliphatic rings. The summed E-state index contributed by atoms with van der Waals surface area (Å²) in [6, 6.07) is 1.02. The lowest BCUT2D eigenvalue weighted by atomic mass is 10.2. The zero-order valence-corrected chi connectivity index (χ0v) is 11.7. The van der Waals surface area contributed by atoms with Crippen molar-refractivity contribution < 1.29 is 9.59 Å². The van der Waals surface area contributed by atoms with E-state index in [1.54, 1.807) is 0 Å². The van der Waals surface area contributed by atoms with E-state index >= 15 is 0 Å². The maximum absolute atomic E-state index is 11.9. The minimum atomic E-state index is -0.481. The lowest BCUT2D eigenvalue weighted by molar-refractivity contribution is -0.117. The van der Waals surface area contributed by atoms with Crippen LogP contribution in [0.3, 0.4) is 0 Å². The second-order valence-corrected chi connectivity index (χ2v) is 4.73. The summed E-state index contributed by atoms with van der Waals surface area (Å²) in [7, 11) is 0. The number of nitrogens with one attached hydrogen (secondary N) is 4. The highest BCUT2D eigenvalue weighted by atomic mass is 16.2. The summed E-state index contributed by atoms with van der Waals surface area (Å²) < 4.78 is 0. The molecular formula is C13H17N7O2. The van der Waals surface area contributed by atoms with E-state index < -0.39 is 11.9 Å². The maximum atomic E-state index is 11.9. The number of aromatic amines is 1. The van der Waals surface area contributed by atoms with E-state index in [-0.39, 0.29) is 17.4 Å². The van der Waals surface area contributed by atoms with Crippen LogP contribution in [0.25, 0.3) is 0 Å². The van der Waals surface area contributed by atoms with Crippen LogP contribution in [-0.2, 0) is 4.79 Å². The molecule has 2 rings (SSSR count). The first-order valence-corrected chi connectivity index (χ1v) is 6.58. The third-order valence-corrected chi connectivity index (χ3v) is 2.97. The highest BCUT2D eigenvalue weighted by Crippen LogP contribution is 2.15. The fraction of sp³-hybridized carbons (Fsp3) is 0.231. The Hall–Kier alpha value is -3.10. The van der Waals surface area contributed by atoms with E-state index in [0.717, 1.165) is 0 Å². The lowest BCUT2D eigenvalue weighted by Gasteiger charge is -2.06. The van der Waals surface area contributed by atoms with Crippen molar-refractivity contribution in [1.82, 2.24) is 10.3 Å². The Bertz CT molecular complexity index is 659. The third-order valence-electron chi connectivity index (χ3n) is 2.97. The summed E-state index contributed by atoms with van der Waals surface area (Å²) in [5.41, 5.74) is 11.4. The summed E-state index contributed by atoms with van der Waals surface area (Å²) in [4.78, 5) is 30.5. The van der Waals surface area contributed by atoms with Crippen LogP contribution in [0.2, 0.25) is 0 Å². The van der Waals surface area contributed by atoms with E-state index in [1.165, 1.54) is 24.5 Å². The molecule has 0 aliphatic carbocycles. The number of nitrogens with two attached hydrogens (primary N) is 2. The molecule has 9 heteroatoms. The van der Waals surface area contributed by atoms with Gasteiger partial charge in [-0.2, -0.15) is 0 Å². The molecule has 2 heterocycles. The number of aliphatic imine (C=N–C) groups is 1.